The molecule has 0 saturated heterocycles. The van der Waals surface area contributed by atoms with Crippen molar-refractivity contribution >= 4 is 34.1 Å². The van der Waals surface area contributed by atoms with Crippen LogP contribution in [0.5, 0.6) is 0 Å². The number of halogens is 1. The number of fused-ring (bicyclic) bond motifs is 1. The maximum absolute atomic E-state index is 13.7. The fourth-order valence-corrected chi connectivity index (χ4v) is 4.17. The van der Waals surface area contributed by atoms with E-state index in [1.165, 1.54) is 23.0 Å². The van der Waals surface area contributed by atoms with E-state index in [0.717, 1.165) is 33.1 Å². The Bertz CT molecular complexity index is 1810. The fraction of sp³-hybridized carbons (Fsp3) is 0.154. The fourth-order valence-electron chi connectivity index (χ4n) is 4.00. The third-order valence-corrected chi connectivity index (χ3v) is 6.16. The lowest BCUT2D eigenvalue weighted by atomic mass is 10.1. The van der Waals surface area contributed by atoms with E-state index in [1.54, 1.807) is 18.2 Å². The summed E-state index contributed by atoms with van der Waals surface area (Å²) in [6, 6.07) is 14.4. The molecule has 0 fully saturated rings. The quantitative estimate of drug-likeness (QED) is 0.367. The van der Waals surface area contributed by atoms with Crippen LogP contribution in [0.15, 0.2) is 70.6 Å². The van der Waals surface area contributed by atoms with Gasteiger partial charge in [0.1, 0.15) is 0 Å². The maximum Gasteiger partial charge on any atom is 0.359 e. The number of rotatable bonds is 6. The van der Waals surface area contributed by atoms with Gasteiger partial charge in [-0.2, -0.15) is 15.3 Å². The molecular weight excluding hydrogens is 492 g/mol. The highest BCUT2D eigenvalue weighted by atomic mass is 35.5. The molecule has 3 heterocycles. The number of nitriles is 1. The van der Waals surface area contributed by atoms with E-state index >= 15 is 0 Å². The smallest absolute Gasteiger partial charge is 0.325 e. The van der Waals surface area contributed by atoms with Crippen molar-refractivity contribution in [1.29, 1.82) is 5.26 Å². The van der Waals surface area contributed by atoms with E-state index in [9.17, 15) is 14.9 Å². The van der Waals surface area contributed by atoms with Crippen LogP contribution in [0.2, 0.25) is 5.02 Å². The lowest BCUT2D eigenvalue weighted by Gasteiger charge is -2.17. The van der Waals surface area contributed by atoms with Crippen LogP contribution in [0.25, 0.3) is 16.6 Å². The molecular formula is C26H21ClN8O2. The first-order valence-electron chi connectivity index (χ1n) is 11.4. The van der Waals surface area contributed by atoms with Crippen molar-refractivity contribution < 1.29 is 0 Å². The molecule has 3 aromatic heterocycles. The van der Waals surface area contributed by atoms with Crippen LogP contribution in [0.4, 0.5) is 11.6 Å². The highest BCUT2D eigenvalue weighted by Crippen LogP contribution is 2.21. The zero-order valence-corrected chi connectivity index (χ0v) is 20.8. The number of nitrogens with one attached hydrogen (secondary N) is 1. The highest BCUT2D eigenvalue weighted by Gasteiger charge is 2.17. The average molecular weight is 513 g/mol. The Morgan fingerprint density at radius 3 is 2.70 bits per heavy atom. The van der Waals surface area contributed by atoms with Gasteiger partial charge in [0.25, 0.3) is 0 Å². The van der Waals surface area contributed by atoms with Gasteiger partial charge < -0.3 is 5.32 Å². The number of pyridine rings is 1. The van der Waals surface area contributed by atoms with Crippen LogP contribution < -0.4 is 16.7 Å². The number of nitrogens with zero attached hydrogens (tertiary/aromatic N) is 7. The van der Waals surface area contributed by atoms with Gasteiger partial charge in [-0.25, -0.2) is 14.2 Å². The molecule has 184 valence electrons. The average Bonchev–Trinajstić information content (AvgIpc) is 3.30. The summed E-state index contributed by atoms with van der Waals surface area (Å²) in [5, 5.41) is 18.2. The molecule has 2 aromatic carbocycles. The van der Waals surface area contributed by atoms with Gasteiger partial charge >= 0.3 is 11.4 Å². The molecule has 0 aliphatic rings. The molecule has 0 radical (unpaired) electrons. The Hall–Kier alpha value is -4.75. The molecule has 11 heteroatoms. The summed E-state index contributed by atoms with van der Waals surface area (Å²) in [6.45, 7) is 4.69. The van der Waals surface area contributed by atoms with Crippen molar-refractivity contribution in [1.82, 2.24) is 28.9 Å². The van der Waals surface area contributed by atoms with Crippen molar-refractivity contribution in [3.05, 3.63) is 104 Å². The number of aromatic nitrogens is 6. The van der Waals surface area contributed by atoms with E-state index in [-0.39, 0.29) is 23.2 Å². The van der Waals surface area contributed by atoms with Gasteiger partial charge in [-0.15, -0.1) is 0 Å². The topological polar surface area (TPSA) is 123 Å². The Morgan fingerprint density at radius 1 is 1.11 bits per heavy atom. The van der Waals surface area contributed by atoms with Crippen molar-refractivity contribution in [3.63, 3.8) is 0 Å². The Labute approximate surface area is 216 Å². The largest absolute Gasteiger partial charge is 0.359 e. The second-order valence-corrected chi connectivity index (χ2v) is 8.86. The van der Waals surface area contributed by atoms with Crippen LogP contribution >= 0.6 is 11.6 Å². The molecule has 0 aliphatic carbocycles. The van der Waals surface area contributed by atoms with E-state index in [0.29, 0.717) is 11.3 Å². The van der Waals surface area contributed by atoms with Crippen LogP contribution in [-0.4, -0.2) is 28.9 Å². The molecule has 37 heavy (non-hydrogen) atoms. The zero-order chi connectivity index (χ0) is 26.1. The first-order chi connectivity index (χ1) is 17.9. The number of anilines is 2. The molecule has 0 saturated carbocycles. The molecule has 0 spiro atoms. The monoisotopic (exact) mass is 512 g/mol. The minimum Gasteiger partial charge on any atom is -0.325 e. The van der Waals surface area contributed by atoms with Crippen molar-refractivity contribution in [2.75, 3.05) is 5.32 Å². The van der Waals surface area contributed by atoms with Gasteiger partial charge in [-0.1, -0.05) is 17.7 Å². The molecule has 5 aromatic rings. The summed E-state index contributed by atoms with van der Waals surface area (Å²) in [5.74, 6) is 0.0604. The molecule has 10 nitrogen and oxygen atoms in total. The number of benzene rings is 2. The van der Waals surface area contributed by atoms with Crippen LogP contribution in [0, 0.1) is 18.3 Å². The number of hydrogen-bond acceptors (Lipinski definition) is 7. The first-order valence-corrected chi connectivity index (χ1v) is 11.8. The summed E-state index contributed by atoms with van der Waals surface area (Å²) in [7, 11) is 0. The Kier molecular flexibility index (Phi) is 6.29. The normalized spacial score (nSPS) is 11.0. The standard InChI is InChI=1S/C26H21ClN8O2/c1-3-33-14-19-9-21(6-7-23(19)32-33)30-24-31-25(36)35(22-10-20(27)12-29-13-22)26(37)34(24)15-18-8-17(11-28)5-4-16(18)2/h4-10,12-14H,3,15H2,1-2H3,(H,30,31,36). The SMILES string of the molecule is CCn1cc2cc(Nc3nc(=O)n(-c4cncc(Cl)c4)c(=O)n3Cc3cc(C#N)ccc3C)ccc2n1. The zero-order valence-electron chi connectivity index (χ0n) is 20.0. The molecule has 0 atom stereocenters. The van der Waals surface area contributed by atoms with E-state index < -0.39 is 11.4 Å². The summed E-state index contributed by atoms with van der Waals surface area (Å²) in [4.78, 5) is 35.0. The number of aryl methyl sites for hydroxylation is 2. The molecule has 0 bridgehead atoms. The third-order valence-electron chi connectivity index (χ3n) is 5.96. The van der Waals surface area contributed by atoms with Gasteiger partial charge in [0, 0.05) is 30.0 Å². The molecule has 1 N–H and O–H groups in total. The minimum atomic E-state index is -0.782. The second kappa shape index (κ2) is 9.72. The van der Waals surface area contributed by atoms with Crippen LogP contribution in [0.1, 0.15) is 23.6 Å². The van der Waals surface area contributed by atoms with Crippen molar-refractivity contribution in [3.8, 4) is 11.8 Å². The minimum absolute atomic E-state index is 0.0604. The van der Waals surface area contributed by atoms with Crippen LogP contribution in [-0.2, 0) is 13.1 Å². The van der Waals surface area contributed by atoms with E-state index in [4.69, 9.17) is 11.6 Å². The molecule has 0 aliphatic heterocycles. The van der Waals surface area contributed by atoms with Gasteiger partial charge in [-0.3, -0.25) is 14.2 Å². The maximum atomic E-state index is 13.7. The number of hydrogen-bond donors (Lipinski definition) is 1. The first kappa shape index (κ1) is 24.0. The predicted molar refractivity (Wildman–Crippen MR) is 141 cm³/mol. The predicted octanol–water partition coefficient (Wildman–Crippen LogP) is 3.78. The Balaban J connectivity index is 1.67. The van der Waals surface area contributed by atoms with Gasteiger partial charge in [0.05, 0.1) is 40.6 Å². The lowest BCUT2D eigenvalue weighted by molar-refractivity contribution is 0.655. The molecule has 0 amide bonds. The second-order valence-electron chi connectivity index (χ2n) is 8.42. The van der Waals surface area contributed by atoms with Gasteiger partial charge in [-0.05, 0) is 61.4 Å². The van der Waals surface area contributed by atoms with Gasteiger partial charge in [0.2, 0.25) is 5.95 Å². The Morgan fingerprint density at radius 2 is 1.95 bits per heavy atom. The lowest BCUT2D eigenvalue weighted by Crippen LogP contribution is -2.41. The van der Waals surface area contributed by atoms with Crippen molar-refractivity contribution in [2.45, 2.75) is 26.9 Å². The van der Waals surface area contributed by atoms with E-state index in [1.807, 2.05) is 42.9 Å². The molecule has 5 rings (SSSR count). The summed E-state index contributed by atoms with van der Waals surface area (Å²) in [5.41, 5.74) is 2.32. The summed E-state index contributed by atoms with van der Waals surface area (Å²) < 4.78 is 4.10. The molecule has 0 unspecified atom stereocenters. The van der Waals surface area contributed by atoms with Crippen molar-refractivity contribution in [2.24, 2.45) is 0 Å². The third kappa shape index (κ3) is 4.72. The van der Waals surface area contributed by atoms with Gasteiger partial charge in [0.15, 0.2) is 0 Å². The van der Waals surface area contributed by atoms with E-state index in [2.05, 4.69) is 26.5 Å². The highest BCUT2D eigenvalue weighted by molar-refractivity contribution is 6.30. The van der Waals surface area contributed by atoms with Crippen LogP contribution in [0.3, 0.4) is 0 Å². The summed E-state index contributed by atoms with van der Waals surface area (Å²) >= 11 is 6.06. The summed E-state index contributed by atoms with van der Waals surface area (Å²) in [6.07, 6.45) is 4.70.